The number of aliphatic hydroxyl groups excluding tert-OH is 1. The lowest BCUT2D eigenvalue weighted by atomic mass is 10.1. The van der Waals surface area contributed by atoms with E-state index in [1.807, 2.05) is 12.2 Å². The Balaban J connectivity index is 4.86. The van der Waals surface area contributed by atoms with E-state index in [0.29, 0.717) is 25.7 Å². The molecule has 70 heavy (non-hydrogen) atoms. The summed E-state index contributed by atoms with van der Waals surface area (Å²) in [6, 6.07) is 0. The molecule has 0 amide bonds. The van der Waals surface area contributed by atoms with Crippen molar-refractivity contribution in [1.82, 2.24) is 0 Å². The van der Waals surface area contributed by atoms with E-state index in [2.05, 4.69) is 93.7 Å². The first-order valence-corrected chi connectivity index (χ1v) is 29.0. The van der Waals surface area contributed by atoms with E-state index in [9.17, 15) is 28.9 Å². The van der Waals surface area contributed by atoms with Crippen molar-refractivity contribution in [3.8, 4) is 0 Å². The van der Waals surface area contributed by atoms with Gasteiger partial charge in [0.15, 0.2) is 6.10 Å². The van der Waals surface area contributed by atoms with Gasteiger partial charge >= 0.3 is 25.7 Å². The van der Waals surface area contributed by atoms with Crippen molar-refractivity contribution in [2.75, 3.05) is 26.4 Å². The molecule has 0 aromatic rings. The lowest BCUT2D eigenvalue weighted by molar-refractivity contribution is -0.161. The molecule has 0 fully saturated rings. The minimum Gasteiger partial charge on any atom is -0.462 e. The Hall–Kier alpha value is -3.34. The molecule has 0 aromatic heterocycles. The monoisotopic (exact) mass is 1000 g/mol. The molecule has 0 aliphatic carbocycles. The summed E-state index contributed by atoms with van der Waals surface area (Å²) >= 11 is 0. The lowest BCUT2D eigenvalue weighted by Crippen LogP contribution is -2.30. The van der Waals surface area contributed by atoms with Crippen LogP contribution in [-0.4, -0.2) is 66.5 Å². The number of carbonyl (C=O) groups excluding carboxylic acids is 3. The summed E-state index contributed by atoms with van der Waals surface area (Å²) in [5, 5.41) is 9.78. The van der Waals surface area contributed by atoms with E-state index in [0.717, 1.165) is 96.3 Å². The van der Waals surface area contributed by atoms with Crippen LogP contribution in [0, 0.1) is 0 Å². The van der Waals surface area contributed by atoms with Crippen molar-refractivity contribution < 1.29 is 52.2 Å². The van der Waals surface area contributed by atoms with Gasteiger partial charge in [-0.15, -0.1) is 0 Å². The van der Waals surface area contributed by atoms with E-state index in [1.54, 1.807) is 0 Å². The van der Waals surface area contributed by atoms with Gasteiger partial charge in [-0.05, 0) is 89.9 Å². The molecule has 0 saturated carbocycles. The second-order valence-corrected chi connectivity index (χ2v) is 19.5. The van der Waals surface area contributed by atoms with Gasteiger partial charge in [0.1, 0.15) is 12.7 Å². The predicted octanol–water partition coefficient (Wildman–Crippen LogP) is 15.9. The molecular weight excluding hydrogens is 904 g/mol. The highest BCUT2D eigenvalue weighted by atomic mass is 31.2. The average molecular weight is 1000 g/mol. The minimum atomic E-state index is -4.76. The summed E-state index contributed by atoms with van der Waals surface area (Å²) in [6.07, 6.45) is 58.4. The molecule has 0 heterocycles. The second-order valence-electron chi connectivity index (χ2n) is 18.0. The molecule has 12 heteroatoms. The van der Waals surface area contributed by atoms with Crippen LogP contribution in [0.5, 0.6) is 0 Å². The van der Waals surface area contributed by atoms with Gasteiger partial charge in [-0.25, -0.2) is 4.57 Å². The van der Waals surface area contributed by atoms with E-state index >= 15 is 0 Å². The first-order valence-electron chi connectivity index (χ1n) is 27.5. The van der Waals surface area contributed by atoms with Crippen molar-refractivity contribution in [1.29, 1.82) is 0 Å². The maximum absolute atomic E-state index is 12.9. The molecule has 3 atom stereocenters. The molecule has 2 N–H and O–H groups in total. The van der Waals surface area contributed by atoms with Gasteiger partial charge in [0, 0.05) is 19.3 Å². The molecule has 0 aliphatic rings. The predicted molar refractivity (Wildman–Crippen MR) is 288 cm³/mol. The van der Waals surface area contributed by atoms with Gasteiger partial charge in [0.2, 0.25) is 0 Å². The van der Waals surface area contributed by atoms with Crippen molar-refractivity contribution in [2.45, 2.75) is 238 Å². The number of ether oxygens (including phenoxy) is 3. The van der Waals surface area contributed by atoms with Crippen molar-refractivity contribution in [2.24, 2.45) is 0 Å². The highest BCUT2D eigenvalue weighted by Gasteiger charge is 2.28. The van der Waals surface area contributed by atoms with E-state index in [-0.39, 0.29) is 25.9 Å². The van der Waals surface area contributed by atoms with Crippen molar-refractivity contribution in [3.63, 3.8) is 0 Å². The Morgan fingerprint density at radius 3 is 1.23 bits per heavy atom. The Labute approximate surface area is 426 Å². The van der Waals surface area contributed by atoms with Crippen LogP contribution >= 0.6 is 7.82 Å². The van der Waals surface area contributed by atoms with Crippen molar-refractivity contribution in [3.05, 3.63) is 85.1 Å². The number of rotatable bonds is 50. The fraction of sp³-hybridized carbons (Fsp3) is 0.707. The van der Waals surface area contributed by atoms with Gasteiger partial charge in [-0.2, -0.15) is 0 Å². The third-order valence-corrected chi connectivity index (χ3v) is 12.3. The van der Waals surface area contributed by atoms with Crippen LogP contribution in [0.25, 0.3) is 0 Å². The summed E-state index contributed by atoms with van der Waals surface area (Å²) in [7, 11) is -4.76. The van der Waals surface area contributed by atoms with Gasteiger partial charge in [-0.3, -0.25) is 23.4 Å². The molecule has 0 radical (unpaired) electrons. The summed E-state index contributed by atoms with van der Waals surface area (Å²) in [4.78, 5) is 48.4. The van der Waals surface area contributed by atoms with Crippen LogP contribution in [0.2, 0.25) is 0 Å². The molecular formula is C58H99O11P. The molecule has 0 bridgehead atoms. The average Bonchev–Trinajstić information content (AvgIpc) is 3.35. The highest BCUT2D eigenvalue weighted by Crippen LogP contribution is 2.43. The second kappa shape index (κ2) is 52.0. The number of hydrogen-bond acceptors (Lipinski definition) is 10. The first-order chi connectivity index (χ1) is 34.2. The van der Waals surface area contributed by atoms with Crippen LogP contribution in [0.15, 0.2) is 85.1 Å². The molecule has 0 aromatic carbocycles. The zero-order valence-electron chi connectivity index (χ0n) is 44.2. The van der Waals surface area contributed by atoms with Crippen LogP contribution in [0.3, 0.4) is 0 Å². The number of unbranched alkanes of at least 4 members (excludes halogenated alkanes) is 19. The zero-order valence-corrected chi connectivity index (χ0v) is 45.1. The number of hydrogen-bond donors (Lipinski definition) is 2. The zero-order chi connectivity index (χ0) is 51.3. The Morgan fingerprint density at radius 1 is 0.414 bits per heavy atom. The number of phosphoric ester groups is 1. The standard InChI is InChI=1S/C58H99O11P/c1-4-7-10-13-16-19-22-24-26-27-29-31-34-37-40-43-46-49-58(62)69-55(51-65-56(60)47-44-41-38-35-33-30-28-25-23-20-17-14-11-8-5-2)53-67-70(63,64)66-52-54(50-59)68-57(61)48-45-42-39-36-32-21-18-15-12-9-6-3/h7,10,16-17,19-20,24-26,28-29,31,37,40,54-55,59H,4-6,8-9,11-15,18,21-23,27,30,32-36,38-39,41-53H2,1-3H3,(H,63,64)/b10-7-,19-16-,20-17-,26-24-,28-25-,31-29-,40-37-. The van der Waals surface area contributed by atoms with E-state index < -0.39 is 57.8 Å². The van der Waals surface area contributed by atoms with Gasteiger partial charge < -0.3 is 24.2 Å². The molecule has 0 saturated heterocycles. The SMILES string of the molecule is CC/C=C\C/C=C\C/C=C\C/C=C\C/C=C\CCCC(=O)OC(COC(=O)CCCCCCC/C=C\C/C=C\CCCCC)COP(=O)(O)OCC(CO)OC(=O)CCCCCCCCCCCCC. The topological polar surface area (TPSA) is 155 Å². The van der Waals surface area contributed by atoms with Crippen LogP contribution in [0.1, 0.15) is 226 Å². The molecule has 0 rings (SSSR count). The smallest absolute Gasteiger partial charge is 0.462 e. The fourth-order valence-corrected chi connectivity index (χ4v) is 7.91. The van der Waals surface area contributed by atoms with Crippen LogP contribution in [0.4, 0.5) is 0 Å². The minimum absolute atomic E-state index is 0.0841. The Kier molecular flexibility index (Phi) is 49.5. The third-order valence-electron chi connectivity index (χ3n) is 11.3. The number of allylic oxidation sites excluding steroid dienone is 14. The van der Waals surface area contributed by atoms with Crippen LogP contribution < -0.4 is 0 Å². The van der Waals surface area contributed by atoms with Gasteiger partial charge in [-0.1, -0.05) is 202 Å². The molecule has 11 nitrogen and oxygen atoms in total. The number of phosphoric acid groups is 1. The van der Waals surface area contributed by atoms with E-state index in [1.165, 1.54) is 64.2 Å². The molecule has 0 spiro atoms. The number of aliphatic hydroxyl groups is 1. The molecule has 3 unspecified atom stereocenters. The third kappa shape index (κ3) is 49.6. The van der Waals surface area contributed by atoms with Crippen molar-refractivity contribution >= 4 is 25.7 Å². The molecule has 0 aliphatic heterocycles. The largest absolute Gasteiger partial charge is 0.472 e. The first kappa shape index (κ1) is 66.7. The fourth-order valence-electron chi connectivity index (χ4n) is 7.13. The van der Waals surface area contributed by atoms with Crippen LogP contribution in [-0.2, 0) is 42.2 Å². The summed E-state index contributed by atoms with van der Waals surface area (Å²) in [5.74, 6) is -1.55. The van der Waals surface area contributed by atoms with E-state index in [4.69, 9.17) is 23.3 Å². The summed E-state index contributed by atoms with van der Waals surface area (Å²) in [6.45, 7) is 4.41. The number of carbonyl (C=O) groups is 3. The summed E-state index contributed by atoms with van der Waals surface area (Å²) in [5.41, 5.74) is 0. The lowest BCUT2D eigenvalue weighted by Gasteiger charge is -2.21. The number of esters is 3. The quantitative estimate of drug-likeness (QED) is 0.0197. The highest BCUT2D eigenvalue weighted by molar-refractivity contribution is 7.47. The maximum atomic E-state index is 12.9. The Bertz CT molecular complexity index is 1500. The normalized spacial score (nSPS) is 14.1. The van der Waals surface area contributed by atoms with Gasteiger partial charge in [0.25, 0.3) is 0 Å². The Morgan fingerprint density at radius 2 is 0.757 bits per heavy atom. The molecule has 402 valence electrons. The summed E-state index contributed by atoms with van der Waals surface area (Å²) < 4.78 is 39.3. The van der Waals surface area contributed by atoms with Gasteiger partial charge in [0.05, 0.1) is 19.8 Å². The maximum Gasteiger partial charge on any atom is 0.472 e.